The minimum Gasteiger partial charge on any atom is -0.329 e. The number of hydrogen-bond donors (Lipinski definition) is 2. The van der Waals surface area contributed by atoms with Crippen LogP contribution in [0.5, 0.6) is 0 Å². The van der Waals surface area contributed by atoms with Gasteiger partial charge in [-0.3, -0.25) is 0 Å². The van der Waals surface area contributed by atoms with E-state index in [-0.39, 0.29) is 19.0 Å². The summed E-state index contributed by atoms with van der Waals surface area (Å²) in [6, 6.07) is 0. The van der Waals surface area contributed by atoms with Gasteiger partial charge in [-0.2, -0.15) is 0 Å². The summed E-state index contributed by atoms with van der Waals surface area (Å²) in [5.74, 6) is 0. The lowest BCUT2D eigenvalue weighted by Crippen LogP contribution is -2.32. The highest BCUT2D eigenvalue weighted by molar-refractivity contribution is 7.89. The topological polar surface area (TPSA) is 86.2 Å². The van der Waals surface area contributed by atoms with Crippen molar-refractivity contribution in [1.82, 2.24) is 0 Å². The predicted molar refractivity (Wildman–Crippen MR) is 38.9 cm³/mol. The molecular formula is C3H11ClN2O2S. The van der Waals surface area contributed by atoms with Crippen molar-refractivity contribution in [2.45, 2.75) is 12.2 Å². The summed E-state index contributed by atoms with van der Waals surface area (Å²) in [4.78, 5) is 0. The number of primary sulfonamides is 1. The number of rotatable bonds is 2. The molecule has 0 bridgehead atoms. The quantitative estimate of drug-likeness (QED) is 0.566. The van der Waals surface area contributed by atoms with Gasteiger partial charge in [0.25, 0.3) is 0 Å². The number of sulfonamides is 1. The van der Waals surface area contributed by atoms with Crippen molar-refractivity contribution in [3.05, 3.63) is 0 Å². The van der Waals surface area contributed by atoms with Crippen LogP contribution in [0.15, 0.2) is 0 Å². The molecule has 1 atom stereocenters. The largest absolute Gasteiger partial charge is 0.329 e. The smallest absolute Gasteiger partial charge is 0.212 e. The molecule has 0 spiro atoms. The van der Waals surface area contributed by atoms with Gasteiger partial charge < -0.3 is 5.73 Å². The van der Waals surface area contributed by atoms with Gasteiger partial charge in [0.15, 0.2) is 0 Å². The van der Waals surface area contributed by atoms with Crippen molar-refractivity contribution in [2.75, 3.05) is 6.54 Å². The first-order valence-corrected chi connectivity index (χ1v) is 3.81. The zero-order valence-electron chi connectivity index (χ0n) is 5.07. The first-order valence-electron chi connectivity index (χ1n) is 2.20. The minimum absolute atomic E-state index is 0. The fourth-order valence-electron chi connectivity index (χ4n) is 0.134. The van der Waals surface area contributed by atoms with Crippen LogP contribution < -0.4 is 10.9 Å². The molecule has 0 aromatic rings. The Morgan fingerprint density at radius 3 is 1.89 bits per heavy atom. The second kappa shape index (κ2) is 4.05. The summed E-state index contributed by atoms with van der Waals surface area (Å²) >= 11 is 0. The molecule has 0 unspecified atom stereocenters. The average Bonchev–Trinajstić information content (AvgIpc) is 1.62. The molecule has 0 saturated carbocycles. The zero-order valence-corrected chi connectivity index (χ0v) is 6.71. The van der Waals surface area contributed by atoms with Crippen LogP contribution in [0.3, 0.4) is 0 Å². The molecule has 0 aromatic carbocycles. The van der Waals surface area contributed by atoms with E-state index in [1.165, 1.54) is 6.92 Å². The van der Waals surface area contributed by atoms with Gasteiger partial charge in [-0.25, -0.2) is 13.6 Å². The van der Waals surface area contributed by atoms with Crippen LogP contribution in [0.1, 0.15) is 6.92 Å². The Kier molecular flexibility index (Phi) is 5.36. The molecule has 0 radical (unpaired) electrons. The molecule has 0 heterocycles. The first-order chi connectivity index (χ1) is 3.48. The maximum atomic E-state index is 10.3. The van der Waals surface area contributed by atoms with Crippen molar-refractivity contribution in [1.29, 1.82) is 0 Å². The number of hydrogen-bond acceptors (Lipinski definition) is 3. The lowest BCUT2D eigenvalue weighted by Gasteiger charge is -2.02. The fraction of sp³-hybridized carbons (Fsp3) is 1.00. The molecule has 0 aromatic heterocycles. The van der Waals surface area contributed by atoms with Crippen LogP contribution in [0.4, 0.5) is 0 Å². The SMILES string of the molecule is C[C@@H](CN)S(N)(=O)=O.Cl. The second-order valence-electron chi connectivity index (χ2n) is 1.64. The Morgan fingerprint density at radius 2 is 1.89 bits per heavy atom. The van der Waals surface area contributed by atoms with Gasteiger partial charge in [-0.15, -0.1) is 12.4 Å². The molecular weight excluding hydrogens is 164 g/mol. The summed E-state index contributed by atoms with van der Waals surface area (Å²) < 4.78 is 20.5. The van der Waals surface area contributed by atoms with Crippen molar-refractivity contribution in [2.24, 2.45) is 10.9 Å². The summed E-state index contributed by atoms with van der Waals surface area (Å²) in [5.41, 5.74) is 5.00. The van der Waals surface area contributed by atoms with Crippen LogP contribution in [0.2, 0.25) is 0 Å². The standard InChI is InChI=1S/C3H10N2O2S.ClH/c1-3(2-4)8(5,6)7;/h3H,2,4H2,1H3,(H2,5,6,7);1H/t3-;/m0./s1. The van der Waals surface area contributed by atoms with Gasteiger partial charge in [-0.05, 0) is 6.92 Å². The lowest BCUT2D eigenvalue weighted by atomic mass is 10.5. The van der Waals surface area contributed by atoms with E-state index in [9.17, 15) is 8.42 Å². The summed E-state index contributed by atoms with van der Waals surface area (Å²) in [6.45, 7) is 1.55. The van der Waals surface area contributed by atoms with E-state index in [0.717, 1.165) is 0 Å². The normalized spacial score (nSPS) is 14.1. The third kappa shape index (κ3) is 4.65. The van der Waals surface area contributed by atoms with Gasteiger partial charge in [0.1, 0.15) is 0 Å². The van der Waals surface area contributed by atoms with Gasteiger partial charge in [0.05, 0.1) is 5.25 Å². The highest BCUT2D eigenvalue weighted by Gasteiger charge is 2.11. The van der Waals surface area contributed by atoms with E-state index in [1.54, 1.807) is 0 Å². The molecule has 4 N–H and O–H groups in total. The Hall–Kier alpha value is 0.160. The third-order valence-corrected chi connectivity index (χ3v) is 2.21. The first kappa shape index (κ1) is 11.9. The van der Waals surface area contributed by atoms with E-state index in [4.69, 9.17) is 5.73 Å². The second-order valence-corrected chi connectivity index (χ2v) is 3.62. The van der Waals surface area contributed by atoms with Gasteiger partial charge in [0, 0.05) is 6.54 Å². The van der Waals surface area contributed by atoms with Gasteiger partial charge >= 0.3 is 0 Å². The maximum absolute atomic E-state index is 10.3. The molecule has 58 valence electrons. The van der Waals surface area contributed by atoms with Gasteiger partial charge in [-0.1, -0.05) is 0 Å². The molecule has 4 nitrogen and oxygen atoms in total. The van der Waals surface area contributed by atoms with Crippen molar-refractivity contribution < 1.29 is 8.42 Å². The molecule has 0 amide bonds. The highest BCUT2D eigenvalue weighted by Crippen LogP contribution is 1.88. The Labute approximate surface area is 61.1 Å². The number of nitrogens with two attached hydrogens (primary N) is 2. The summed E-state index contributed by atoms with van der Waals surface area (Å²) in [5, 5.41) is 4.06. The van der Waals surface area contributed by atoms with Crippen LogP contribution in [0, 0.1) is 0 Å². The average molecular weight is 175 g/mol. The van der Waals surface area contributed by atoms with Crippen molar-refractivity contribution >= 4 is 22.4 Å². The molecule has 0 aliphatic heterocycles. The van der Waals surface area contributed by atoms with Crippen molar-refractivity contribution in [3.63, 3.8) is 0 Å². The van der Waals surface area contributed by atoms with E-state index < -0.39 is 15.3 Å². The molecule has 9 heavy (non-hydrogen) atoms. The maximum Gasteiger partial charge on any atom is 0.212 e. The predicted octanol–water partition coefficient (Wildman–Crippen LogP) is -0.956. The zero-order chi connectivity index (χ0) is 6.78. The molecule has 0 rings (SSSR count). The molecule has 0 saturated heterocycles. The number of halogens is 1. The van der Waals surface area contributed by atoms with E-state index in [0.29, 0.717) is 0 Å². The highest BCUT2D eigenvalue weighted by atomic mass is 35.5. The van der Waals surface area contributed by atoms with Gasteiger partial charge in [0.2, 0.25) is 10.0 Å². The lowest BCUT2D eigenvalue weighted by molar-refractivity contribution is 0.586. The fourth-order valence-corrected chi connectivity index (χ4v) is 0.402. The van der Waals surface area contributed by atoms with Crippen molar-refractivity contribution in [3.8, 4) is 0 Å². The van der Waals surface area contributed by atoms with Crippen LogP contribution >= 0.6 is 12.4 Å². The molecule has 0 aliphatic rings. The third-order valence-electron chi connectivity index (χ3n) is 0.893. The molecule has 0 aliphatic carbocycles. The minimum atomic E-state index is -3.38. The monoisotopic (exact) mass is 174 g/mol. The van der Waals surface area contributed by atoms with Crippen LogP contribution in [0.25, 0.3) is 0 Å². The van der Waals surface area contributed by atoms with Crippen LogP contribution in [-0.2, 0) is 10.0 Å². The molecule has 6 heteroatoms. The van der Waals surface area contributed by atoms with E-state index >= 15 is 0 Å². The van der Waals surface area contributed by atoms with E-state index in [2.05, 4.69) is 5.14 Å². The molecule has 0 fully saturated rings. The Morgan fingerprint density at radius 1 is 1.56 bits per heavy atom. The van der Waals surface area contributed by atoms with Crippen LogP contribution in [-0.4, -0.2) is 20.2 Å². The Bertz CT molecular complexity index is 155. The summed E-state index contributed by atoms with van der Waals surface area (Å²) in [7, 11) is -3.38. The summed E-state index contributed by atoms with van der Waals surface area (Å²) in [6.07, 6.45) is 0. The van der Waals surface area contributed by atoms with E-state index in [1.807, 2.05) is 0 Å². The Balaban J connectivity index is 0.